The van der Waals surface area contributed by atoms with Crippen LogP contribution in [0.2, 0.25) is 0 Å². The van der Waals surface area contributed by atoms with Gasteiger partial charge in [-0.25, -0.2) is 4.98 Å². The van der Waals surface area contributed by atoms with Crippen LogP contribution in [0.3, 0.4) is 0 Å². The standard InChI is InChI=1S/C24H30N4O3/c1-27(22(24(30)31)17-6-3-2-4-7-17)20-13-15-28(16-20)21(29)12-11-19-10-9-18-8-5-14-25-23(18)26-19/h2-4,6-7,9-10,20,22H,5,8,11-16H2,1H3,(H,25,26)(H,30,31). The van der Waals surface area contributed by atoms with Gasteiger partial charge in [0.25, 0.3) is 0 Å². The van der Waals surface area contributed by atoms with E-state index < -0.39 is 12.0 Å². The lowest BCUT2D eigenvalue weighted by Crippen LogP contribution is -2.41. The first kappa shape index (κ1) is 21.3. The summed E-state index contributed by atoms with van der Waals surface area (Å²) in [6, 6.07) is 12.7. The number of nitrogens with zero attached hydrogens (tertiary/aromatic N) is 3. The van der Waals surface area contributed by atoms with Crippen LogP contribution in [0.4, 0.5) is 5.82 Å². The van der Waals surface area contributed by atoms with E-state index in [-0.39, 0.29) is 11.9 Å². The van der Waals surface area contributed by atoms with E-state index in [9.17, 15) is 14.7 Å². The smallest absolute Gasteiger partial charge is 0.325 e. The van der Waals surface area contributed by atoms with Crippen LogP contribution in [0, 0.1) is 0 Å². The third kappa shape index (κ3) is 4.88. The van der Waals surface area contributed by atoms with Crippen LogP contribution >= 0.6 is 0 Å². The molecule has 7 nitrogen and oxygen atoms in total. The molecule has 1 saturated heterocycles. The minimum atomic E-state index is -0.870. The SMILES string of the molecule is CN(C1CCN(C(=O)CCc2ccc3c(n2)NCCC3)C1)C(C(=O)O)c1ccccc1. The first-order valence-electron chi connectivity index (χ1n) is 11.0. The number of amides is 1. The van der Waals surface area contributed by atoms with Crippen molar-refractivity contribution in [2.75, 3.05) is 32.0 Å². The third-order valence-electron chi connectivity index (χ3n) is 6.40. The van der Waals surface area contributed by atoms with Gasteiger partial charge in [-0.05, 0) is 49.9 Å². The molecule has 2 aromatic rings. The van der Waals surface area contributed by atoms with Gasteiger partial charge in [0.1, 0.15) is 11.9 Å². The molecule has 31 heavy (non-hydrogen) atoms. The van der Waals surface area contributed by atoms with Crippen molar-refractivity contribution in [1.29, 1.82) is 0 Å². The van der Waals surface area contributed by atoms with E-state index >= 15 is 0 Å². The fourth-order valence-electron chi connectivity index (χ4n) is 4.60. The second kappa shape index (κ2) is 9.47. The summed E-state index contributed by atoms with van der Waals surface area (Å²) in [5, 5.41) is 13.1. The lowest BCUT2D eigenvalue weighted by Gasteiger charge is -2.30. The Bertz CT molecular complexity index is 934. The van der Waals surface area contributed by atoms with Gasteiger partial charge < -0.3 is 15.3 Å². The predicted molar refractivity (Wildman–Crippen MR) is 119 cm³/mol. The fourth-order valence-corrected chi connectivity index (χ4v) is 4.60. The van der Waals surface area contributed by atoms with E-state index in [1.165, 1.54) is 5.56 Å². The molecule has 2 atom stereocenters. The predicted octanol–water partition coefficient (Wildman–Crippen LogP) is 2.73. The number of hydrogen-bond donors (Lipinski definition) is 2. The maximum Gasteiger partial charge on any atom is 0.325 e. The van der Waals surface area contributed by atoms with Crippen LogP contribution < -0.4 is 5.32 Å². The number of likely N-dealkylation sites (tertiary alicyclic amines) is 1. The molecule has 1 aromatic heterocycles. The number of hydrogen-bond acceptors (Lipinski definition) is 5. The molecule has 0 spiro atoms. The van der Waals surface area contributed by atoms with Crippen molar-refractivity contribution in [3.63, 3.8) is 0 Å². The van der Waals surface area contributed by atoms with Crippen LogP contribution in [-0.2, 0) is 22.4 Å². The van der Waals surface area contributed by atoms with Crippen molar-refractivity contribution in [2.45, 2.75) is 44.2 Å². The largest absolute Gasteiger partial charge is 0.480 e. The van der Waals surface area contributed by atoms with E-state index in [4.69, 9.17) is 0 Å². The summed E-state index contributed by atoms with van der Waals surface area (Å²) in [6.45, 7) is 2.17. The fraction of sp³-hybridized carbons (Fsp3) is 0.458. The Balaban J connectivity index is 1.33. The lowest BCUT2D eigenvalue weighted by atomic mass is 10.0. The first-order valence-corrected chi connectivity index (χ1v) is 11.0. The number of pyridine rings is 1. The zero-order valence-electron chi connectivity index (χ0n) is 18.0. The van der Waals surface area contributed by atoms with E-state index in [1.54, 1.807) is 0 Å². The summed E-state index contributed by atoms with van der Waals surface area (Å²) < 4.78 is 0. The molecule has 2 aliphatic heterocycles. The van der Waals surface area contributed by atoms with E-state index in [0.29, 0.717) is 25.9 Å². The van der Waals surface area contributed by atoms with Crippen molar-refractivity contribution in [2.24, 2.45) is 0 Å². The van der Waals surface area contributed by atoms with Gasteiger partial charge in [-0.2, -0.15) is 0 Å². The number of nitrogens with one attached hydrogen (secondary N) is 1. The van der Waals surface area contributed by atoms with Gasteiger partial charge in [0.15, 0.2) is 0 Å². The first-order chi connectivity index (χ1) is 15.0. The van der Waals surface area contributed by atoms with Crippen LogP contribution in [0.5, 0.6) is 0 Å². The number of aliphatic carboxylic acids is 1. The van der Waals surface area contributed by atoms with Gasteiger partial charge in [-0.15, -0.1) is 0 Å². The summed E-state index contributed by atoms with van der Waals surface area (Å²) in [4.78, 5) is 33.2. The van der Waals surface area contributed by atoms with Crippen molar-refractivity contribution in [1.82, 2.24) is 14.8 Å². The zero-order valence-corrected chi connectivity index (χ0v) is 18.0. The molecule has 1 amide bonds. The Labute approximate surface area is 183 Å². The molecule has 0 radical (unpaired) electrons. The highest BCUT2D eigenvalue weighted by Crippen LogP contribution is 2.26. The summed E-state index contributed by atoms with van der Waals surface area (Å²) in [5.74, 6) is 0.195. The number of carbonyl (C=O) groups excluding carboxylic acids is 1. The number of benzene rings is 1. The van der Waals surface area contributed by atoms with Crippen molar-refractivity contribution in [3.8, 4) is 0 Å². The lowest BCUT2D eigenvalue weighted by molar-refractivity contribution is -0.143. The number of rotatable bonds is 7. The highest BCUT2D eigenvalue weighted by atomic mass is 16.4. The quantitative estimate of drug-likeness (QED) is 0.714. The van der Waals surface area contributed by atoms with Crippen molar-refractivity contribution < 1.29 is 14.7 Å². The maximum atomic E-state index is 12.8. The summed E-state index contributed by atoms with van der Waals surface area (Å²) in [7, 11) is 1.84. The van der Waals surface area contributed by atoms with E-state index in [1.807, 2.05) is 53.2 Å². The molecular formula is C24H30N4O3. The molecule has 2 unspecified atom stereocenters. The highest BCUT2D eigenvalue weighted by molar-refractivity contribution is 5.77. The van der Waals surface area contributed by atoms with Crippen molar-refractivity contribution >= 4 is 17.7 Å². The number of aryl methyl sites for hydroxylation is 2. The molecular weight excluding hydrogens is 392 g/mol. The minimum Gasteiger partial charge on any atom is -0.480 e. The maximum absolute atomic E-state index is 12.8. The number of likely N-dealkylation sites (N-methyl/N-ethyl adjacent to an activating group) is 1. The topological polar surface area (TPSA) is 85.8 Å². The molecule has 2 aliphatic rings. The van der Waals surface area contributed by atoms with Gasteiger partial charge in [-0.3, -0.25) is 14.5 Å². The van der Waals surface area contributed by atoms with Gasteiger partial charge in [0.2, 0.25) is 5.91 Å². The number of carboxylic acids is 1. The van der Waals surface area contributed by atoms with Crippen LogP contribution in [0.15, 0.2) is 42.5 Å². The Morgan fingerprint density at radius 2 is 2.06 bits per heavy atom. The normalized spacial score (nSPS) is 19.0. The highest BCUT2D eigenvalue weighted by Gasteiger charge is 2.35. The Morgan fingerprint density at radius 1 is 1.26 bits per heavy atom. The van der Waals surface area contributed by atoms with Crippen LogP contribution in [-0.4, -0.2) is 64.5 Å². The van der Waals surface area contributed by atoms with Gasteiger partial charge in [-0.1, -0.05) is 36.4 Å². The third-order valence-corrected chi connectivity index (χ3v) is 6.40. The number of carboxylic acid groups (broad SMARTS) is 1. The van der Waals surface area contributed by atoms with E-state index in [0.717, 1.165) is 42.9 Å². The molecule has 3 heterocycles. The molecule has 1 fully saturated rings. The summed E-state index contributed by atoms with van der Waals surface area (Å²) in [5.41, 5.74) is 2.94. The Hall–Kier alpha value is -2.93. The number of aromatic nitrogens is 1. The molecule has 164 valence electrons. The van der Waals surface area contributed by atoms with Gasteiger partial charge in [0.05, 0.1) is 0 Å². The molecule has 2 N–H and O–H groups in total. The molecule has 1 aromatic carbocycles. The Kier molecular flexibility index (Phi) is 6.51. The van der Waals surface area contributed by atoms with Gasteiger partial charge in [0, 0.05) is 37.8 Å². The number of carbonyl (C=O) groups is 2. The molecule has 0 saturated carbocycles. The number of fused-ring (bicyclic) bond motifs is 1. The molecule has 0 bridgehead atoms. The van der Waals surface area contributed by atoms with Crippen LogP contribution in [0.1, 0.15) is 42.1 Å². The zero-order chi connectivity index (χ0) is 21.8. The van der Waals surface area contributed by atoms with Crippen molar-refractivity contribution in [3.05, 3.63) is 59.3 Å². The molecule has 4 rings (SSSR count). The summed E-state index contributed by atoms with van der Waals surface area (Å²) in [6.07, 6.45) is 4.00. The monoisotopic (exact) mass is 422 g/mol. The molecule has 7 heteroatoms. The Morgan fingerprint density at radius 3 is 2.84 bits per heavy atom. The second-order valence-corrected chi connectivity index (χ2v) is 8.44. The average molecular weight is 423 g/mol. The van der Waals surface area contributed by atoms with E-state index in [2.05, 4.69) is 16.4 Å². The summed E-state index contributed by atoms with van der Waals surface area (Å²) >= 11 is 0. The number of anilines is 1. The molecule has 0 aliphatic carbocycles. The second-order valence-electron chi connectivity index (χ2n) is 8.44. The average Bonchev–Trinajstić information content (AvgIpc) is 3.28. The minimum absolute atomic E-state index is 0.0244. The van der Waals surface area contributed by atoms with Gasteiger partial charge >= 0.3 is 5.97 Å². The van der Waals surface area contributed by atoms with Crippen LogP contribution in [0.25, 0.3) is 0 Å².